The van der Waals surface area contributed by atoms with E-state index in [1.165, 1.54) is 26.1 Å². The number of nitrogens with one attached hydrogen (secondary N) is 1. The Morgan fingerprint density at radius 2 is 1.94 bits per heavy atom. The lowest BCUT2D eigenvalue weighted by atomic mass is 9.55. The molecule has 6 N–H and O–H groups in total. The molecule has 1 aromatic rings. The van der Waals surface area contributed by atoms with Crippen molar-refractivity contribution in [2.45, 2.75) is 81.3 Å². The lowest BCUT2D eigenvalue weighted by Crippen LogP contribution is -2.78. The molecule has 0 spiro atoms. The maximum Gasteiger partial charge on any atom is 0.355 e. The zero-order valence-electron chi connectivity index (χ0n) is 20.0. The van der Waals surface area contributed by atoms with Crippen molar-refractivity contribution in [3.8, 4) is 0 Å². The van der Waals surface area contributed by atoms with Crippen LogP contribution in [-0.4, -0.2) is 83.2 Å². The number of aliphatic hydroxyl groups excluding tert-OH is 2. The minimum Gasteiger partial charge on any atom is -0.450 e. The van der Waals surface area contributed by atoms with E-state index in [0.717, 1.165) is 0 Å². The van der Waals surface area contributed by atoms with Crippen LogP contribution in [0.4, 0.5) is 0 Å². The topological polar surface area (TPSA) is 170 Å². The average Bonchev–Trinajstić information content (AvgIpc) is 3.38. The van der Waals surface area contributed by atoms with Gasteiger partial charge in [-0.15, -0.1) is 0 Å². The number of aliphatic hydroxyl groups is 5. The quantitative estimate of drug-likeness (QED) is 0.255. The summed E-state index contributed by atoms with van der Waals surface area (Å²) in [6, 6.07) is 3.08. The third-order valence-corrected chi connectivity index (χ3v) is 9.19. The van der Waals surface area contributed by atoms with Crippen LogP contribution in [0.5, 0.6) is 0 Å². The number of carbonyl (C=O) groups is 2. The Balaban J connectivity index is 1.83. The van der Waals surface area contributed by atoms with Crippen molar-refractivity contribution >= 4 is 11.9 Å². The number of ether oxygens (including phenoxy) is 2. The van der Waals surface area contributed by atoms with Crippen molar-refractivity contribution < 1.29 is 44.6 Å². The Kier molecular flexibility index (Phi) is 4.72. The fourth-order valence-corrected chi connectivity index (χ4v) is 7.55. The van der Waals surface area contributed by atoms with Crippen molar-refractivity contribution in [2.24, 2.45) is 11.3 Å². The monoisotopic (exact) mass is 489 g/mol. The molecule has 2 heterocycles. The first-order valence-corrected chi connectivity index (χ1v) is 11.6. The van der Waals surface area contributed by atoms with E-state index in [-0.39, 0.29) is 22.8 Å². The molecule has 1 saturated heterocycles. The van der Waals surface area contributed by atoms with E-state index in [1.807, 2.05) is 0 Å². The second kappa shape index (κ2) is 6.83. The molecule has 8 unspecified atom stereocenters. The maximum atomic E-state index is 13.1. The molecule has 190 valence electrons. The van der Waals surface area contributed by atoms with Crippen LogP contribution in [0.25, 0.3) is 0 Å². The number of hydrogen-bond donors (Lipinski definition) is 6. The van der Waals surface area contributed by atoms with Gasteiger partial charge in [0.25, 0.3) is 0 Å². The van der Waals surface area contributed by atoms with Crippen molar-refractivity contribution in [3.63, 3.8) is 0 Å². The first-order valence-electron chi connectivity index (χ1n) is 11.6. The standard InChI is InChI=1S/C25H31NO9/c1-11(2)17-13(4)23(32)24(33,19(17)34-20(30)14-7-6-8-26-14)21(5)10-16(28)35-25(23)18(29)12(3)15(27)9-22(21,25)31/h6-8,11,15,18-19,26-27,29,31-33H,3,9-10H2,1-2,4-5H3. The summed E-state index contributed by atoms with van der Waals surface area (Å²) < 4.78 is 11.5. The van der Waals surface area contributed by atoms with Gasteiger partial charge in [-0.2, -0.15) is 0 Å². The van der Waals surface area contributed by atoms with Crippen LogP contribution in [0.3, 0.4) is 0 Å². The van der Waals surface area contributed by atoms with Crippen molar-refractivity contribution in [3.05, 3.63) is 47.3 Å². The van der Waals surface area contributed by atoms with E-state index in [0.29, 0.717) is 5.57 Å². The summed E-state index contributed by atoms with van der Waals surface area (Å²) in [6.07, 6.45) is -4.35. The Morgan fingerprint density at radius 3 is 2.51 bits per heavy atom. The average molecular weight is 490 g/mol. The van der Waals surface area contributed by atoms with Gasteiger partial charge >= 0.3 is 11.9 Å². The number of aromatic nitrogens is 1. The van der Waals surface area contributed by atoms with E-state index in [1.54, 1.807) is 19.9 Å². The molecule has 35 heavy (non-hydrogen) atoms. The van der Waals surface area contributed by atoms with Crippen LogP contribution in [0.1, 0.15) is 51.0 Å². The van der Waals surface area contributed by atoms with E-state index in [2.05, 4.69) is 11.6 Å². The molecule has 0 radical (unpaired) electrons. The molecule has 10 nitrogen and oxygen atoms in total. The number of esters is 2. The largest absolute Gasteiger partial charge is 0.450 e. The molecule has 0 amide bonds. The molecule has 4 aliphatic rings. The summed E-state index contributed by atoms with van der Waals surface area (Å²) in [5.74, 6) is -2.04. The first-order chi connectivity index (χ1) is 16.2. The Bertz CT molecular complexity index is 1170. The summed E-state index contributed by atoms with van der Waals surface area (Å²) in [5.41, 5.74) is -11.4. The van der Waals surface area contributed by atoms with E-state index >= 15 is 0 Å². The van der Waals surface area contributed by atoms with Crippen molar-refractivity contribution in [2.75, 3.05) is 0 Å². The number of hydrogen-bond acceptors (Lipinski definition) is 9. The molecular weight excluding hydrogens is 458 g/mol. The summed E-state index contributed by atoms with van der Waals surface area (Å²) in [5, 5.41) is 59.4. The molecular formula is C25H31NO9. The SMILES string of the molecule is C=C1C(O)CC2(O)C3(C)CC(=O)OC2(C1O)C1(O)C(C)=C(C(C)C)C(OC(=O)c2ccc[nH]2)C31O. The minimum atomic E-state index is -2.58. The van der Waals surface area contributed by atoms with Gasteiger partial charge in [0, 0.05) is 18.0 Å². The van der Waals surface area contributed by atoms with Crippen molar-refractivity contribution in [1.82, 2.24) is 4.98 Å². The van der Waals surface area contributed by atoms with Crippen LogP contribution in [0.2, 0.25) is 0 Å². The summed E-state index contributed by atoms with van der Waals surface area (Å²) in [7, 11) is 0. The number of fused-ring (bicyclic) bond motifs is 2. The zero-order valence-corrected chi connectivity index (χ0v) is 20.0. The highest BCUT2D eigenvalue weighted by Gasteiger charge is 2.97. The van der Waals surface area contributed by atoms with Gasteiger partial charge in [-0.3, -0.25) is 4.79 Å². The smallest absolute Gasteiger partial charge is 0.355 e. The highest BCUT2D eigenvalue weighted by molar-refractivity contribution is 5.88. The molecule has 0 aromatic carbocycles. The predicted molar refractivity (Wildman–Crippen MR) is 120 cm³/mol. The molecule has 8 atom stereocenters. The van der Waals surface area contributed by atoms with Crippen LogP contribution in [0.15, 0.2) is 41.6 Å². The first kappa shape index (κ1) is 24.2. The van der Waals surface area contributed by atoms with E-state index < -0.39 is 70.9 Å². The minimum absolute atomic E-state index is 0.0985. The molecule has 5 rings (SSSR count). The fraction of sp³-hybridized carbons (Fsp3) is 0.600. The Hall–Kier alpha value is -2.50. The van der Waals surface area contributed by atoms with Crippen LogP contribution in [0, 0.1) is 11.3 Å². The third kappa shape index (κ3) is 2.25. The van der Waals surface area contributed by atoms with Gasteiger partial charge in [0.2, 0.25) is 5.60 Å². The van der Waals surface area contributed by atoms with Gasteiger partial charge in [0.15, 0.2) is 17.3 Å². The number of rotatable bonds is 3. The van der Waals surface area contributed by atoms with Gasteiger partial charge in [0.1, 0.15) is 17.4 Å². The zero-order chi connectivity index (χ0) is 25.9. The van der Waals surface area contributed by atoms with E-state index in [9.17, 15) is 35.1 Å². The normalized spacial score (nSPS) is 46.5. The van der Waals surface area contributed by atoms with Gasteiger partial charge in [0.05, 0.1) is 12.5 Å². The highest BCUT2D eigenvalue weighted by Crippen LogP contribution is 2.77. The number of aromatic amines is 1. The van der Waals surface area contributed by atoms with Crippen molar-refractivity contribution in [1.29, 1.82) is 0 Å². The highest BCUT2D eigenvalue weighted by atomic mass is 16.6. The van der Waals surface area contributed by atoms with E-state index in [4.69, 9.17) is 9.47 Å². The summed E-state index contributed by atoms with van der Waals surface area (Å²) in [6.45, 7) is 10.2. The van der Waals surface area contributed by atoms with Crippen LogP contribution >= 0.6 is 0 Å². The Morgan fingerprint density at radius 1 is 1.29 bits per heavy atom. The molecule has 3 fully saturated rings. The number of H-pyrrole nitrogens is 1. The van der Waals surface area contributed by atoms with Gasteiger partial charge in [-0.25, -0.2) is 4.79 Å². The molecule has 1 aromatic heterocycles. The molecule has 10 heteroatoms. The molecule has 2 saturated carbocycles. The lowest BCUT2D eigenvalue weighted by Gasteiger charge is -2.59. The third-order valence-electron chi connectivity index (χ3n) is 9.19. The Labute approximate surface area is 201 Å². The maximum absolute atomic E-state index is 13.1. The molecule has 3 aliphatic carbocycles. The summed E-state index contributed by atoms with van der Waals surface area (Å²) in [4.78, 5) is 28.7. The van der Waals surface area contributed by atoms with Gasteiger partial charge in [-0.05, 0) is 41.7 Å². The molecule has 1 aliphatic heterocycles. The van der Waals surface area contributed by atoms with Crippen LogP contribution in [-0.2, 0) is 14.3 Å². The lowest BCUT2D eigenvalue weighted by molar-refractivity contribution is -0.296. The van der Waals surface area contributed by atoms with Gasteiger partial charge < -0.3 is 40.0 Å². The fourth-order valence-electron chi connectivity index (χ4n) is 7.55. The second-order valence-corrected chi connectivity index (χ2v) is 10.9. The van der Waals surface area contributed by atoms with Gasteiger partial charge in [-0.1, -0.05) is 27.4 Å². The number of carbonyl (C=O) groups excluding carboxylic acids is 2. The second-order valence-electron chi connectivity index (χ2n) is 10.9. The molecule has 2 bridgehead atoms. The summed E-state index contributed by atoms with van der Waals surface area (Å²) >= 11 is 0. The van der Waals surface area contributed by atoms with Crippen LogP contribution < -0.4 is 0 Å². The predicted octanol–water partition coefficient (Wildman–Crippen LogP) is 0.107.